The first-order valence-corrected chi connectivity index (χ1v) is 7.00. The van der Waals surface area contributed by atoms with Crippen LogP contribution in [0, 0.1) is 0 Å². The SMILES string of the molecule is CCNC1(CO)CCC(n2ccnc2C(C)C)C1. The van der Waals surface area contributed by atoms with Crippen LogP contribution in [-0.4, -0.2) is 33.3 Å². The van der Waals surface area contributed by atoms with E-state index < -0.39 is 0 Å². The van der Waals surface area contributed by atoms with E-state index in [1.54, 1.807) is 0 Å². The molecular formula is C14H25N3O. The summed E-state index contributed by atoms with van der Waals surface area (Å²) in [5.41, 5.74) is -0.0854. The van der Waals surface area contributed by atoms with Crippen LogP contribution in [0.1, 0.15) is 57.8 Å². The van der Waals surface area contributed by atoms with Crippen molar-refractivity contribution in [2.45, 2.75) is 57.5 Å². The highest BCUT2D eigenvalue weighted by molar-refractivity contribution is 5.05. The molecule has 1 aromatic rings. The molecule has 2 N–H and O–H groups in total. The molecule has 0 spiro atoms. The zero-order valence-corrected chi connectivity index (χ0v) is 11.7. The van der Waals surface area contributed by atoms with E-state index in [1.165, 1.54) is 0 Å². The van der Waals surface area contributed by atoms with Crippen LogP contribution in [0.4, 0.5) is 0 Å². The number of nitrogens with one attached hydrogen (secondary N) is 1. The minimum Gasteiger partial charge on any atom is -0.394 e. The van der Waals surface area contributed by atoms with Crippen molar-refractivity contribution in [1.29, 1.82) is 0 Å². The lowest BCUT2D eigenvalue weighted by molar-refractivity contribution is 0.162. The van der Waals surface area contributed by atoms with Gasteiger partial charge in [0.15, 0.2) is 0 Å². The fourth-order valence-corrected chi connectivity index (χ4v) is 3.15. The molecule has 102 valence electrons. The lowest BCUT2D eigenvalue weighted by Gasteiger charge is -2.28. The Balaban J connectivity index is 2.14. The van der Waals surface area contributed by atoms with Gasteiger partial charge in [0.25, 0.3) is 0 Å². The maximum absolute atomic E-state index is 9.65. The van der Waals surface area contributed by atoms with Crippen molar-refractivity contribution in [3.05, 3.63) is 18.2 Å². The van der Waals surface area contributed by atoms with Crippen molar-refractivity contribution in [3.63, 3.8) is 0 Å². The maximum Gasteiger partial charge on any atom is 0.111 e. The lowest BCUT2D eigenvalue weighted by atomic mass is 9.98. The molecule has 2 unspecified atom stereocenters. The van der Waals surface area contributed by atoms with E-state index in [0.29, 0.717) is 12.0 Å². The molecule has 4 heteroatoms. The molecule has 1 aliphatic carbocycles. The third-order valence-corrected chi connectivity index (χ3v) is 4.05. The average molecular weight is 251 g/mol. The van der Waals surface area contributed by atoms with Crippen molar-refractivity contribution < 1.29 is 5.11 Å². The number of hydrogen-bond acceptors (Lipinski definition) is 3. The highest BCUT2D eigenvalue weighted by Crippen LogP contribution is 2.38. The number of aromatic nitrogens is 2. The van der Waals surface area contributed by atoms with Gasteiger partial charge in [-0.1, -0.05) is 20.8 Å². The Morgan fingerprint density at radius 1 is 1.61 bits per heavy atom. The lowest BCUT2D eigenvalue weighted by Crippen LogP contribution is -2.46. The molecule has 0 aromatic carbocycles. The summed E-state index contributed by atoms with van der Waals surface area (Å²) in [6.07, 6.45) is 7.12. The van der Waals surface area contributed by atoms with Crippen molar-refractivity contribution in [1.82, 2.24) is 14.9 Å². The van der Waals surface area contributed by atoms with Gasteiger partial charge in [-0.15, -0.1) is 0 Å². The highest BCUT2D eigenvalue weighted by atomic mass is 16.3. The number of aliphatic hydroxyl groups is 1. The standard InChI is InChI=1S/C14H25N3O/c1-4-16-14(10-18)6-5-12(9-14)17-8-7-15-13(17)11(2)3/h7-8,11-12,16,18H,4-6,9-10H2,1-3H3. The van der Waals surface area contributed by atoms with E-state index in [4.69, 9.17) is 0 Å². The summed E-state index contributed by atoms with van der Waals surface area (Å²) >= 11 is 0. The van der Waals surface area contributed by atoms with Gasteiger partial charge in [0.05, 0.1) is 6.61 Å². The van der Waals surface area contributed by atoms with Crippen LogP contribution in [0.2, 0.25) is 0 Å². The summed E-state index contributed by atoms with van der Waals surface area (Å²) in [5.74, 6) is 1.61. The fourth-order valence-electron chi connectivity index (χ4n) is 3.15. The second-order valence-electron chi connectivity index (χ2n) is 5.71. The third kappa shape index (κ3) is 2.45. The Labute approximate surface area is 109 Å². The number of nitrogens with zero attached hydrogens (tertiary/aromatic N) is 2. The molecule has 0 saturated heterocycles. The molecule has 0 bridgehead atoms. The quantitative estimate of drug-likeness (QED) is 0.842. The molecule has 0 aliphatic heterocycles. The molecule has 1 fully saturated rings. The first-order chi connectivity index (χ1) is 8.62. The molecule has 1 aliphatic rings. The summed E-state index contributed by atoms with van der Waals surface area (Å²) in [4.78, 5) is 4.46. The maximum atomic E-state index is 9.65. The summed E-state index contributed by atoms with van der Waals surface area (Å²) in [5, 5.41) is 13.1. The molecular weight excluding hydrogens is 226 g/mol. The zero-order chi connectivity index (χ0) is 13.2. The van der Waals surface area contributed by atoms with Crippen molar-refractivity contribution in [3.8, 4) is 0 Å². The minimum atomic E-state index is -0.0854. The smallest absolute Gasteiger partial charge is 0.111 e. The van der Waals surface area contributed by atoms with Gasteiger partial charge in [0.1, 0.15) is 5.82 Å². The highest BCUT2D eigenvalue weighted by Gasteiger charge is 2.39. The van der Waals surface area contributed by atoms with Crippen LogP contribution < -0.4 is 5.32 Å². The number of imidazole rings is 1. The van der Waals surface area contributed by atoms with Gasteiger partial charge in [-0.25, -0.2) is 4.98 Å². The second-order valence-corrected chi connectivity index (χ2v) is 5.71. The van der Waals surface area contributed by atoms with Gasteiger partial charge in [-0.2, -0.15) is 0 Å². The summed E-state index contributed by atoms with van der Waals surface area (Å²) in [6.45, 7) is 7.59. The molecule has 0 amide bonds. The van der Waals surface area contributed by atoms with Gasteiger partial charge in [0.2, 0.25) is 0 Å². The first kappa shape index (κ1) is 13.6. The third-order valence-electron chi connectivity index (χ3n) is 4.05. The molecule has 4 nitrogen and oxygen atoms in total. The van der Waals surface area contributed by atoms with Crippen LogP contribution in [0.25, 0.3) is 0 Å². The predicted octanol–water partition coefficient (Wildman–Crippen LogP) is 2.07. The van der Waals surface area contributed by atoms with Gasteiger partial charge in [0, 0.05) is 29.9 Å². The van der Waals surface area contributed by atoms with Crippen LogP contribution in [0.3, 0.4) is 0 Å². The number of likely N-dealkylation sites (N-methyl/N-ethyl adjacent to an activating group) is 1. The van der Waals surface area contributed by atoms with Gasteiger partial charge in [-0.3, -0.25) is 0 Å². The molecule has 1 aromatic heterocycles. The Morgan fingerprint density at radius 2 is 2.39 bits per heavy atom. The molecule has 2 rings (SSSR count). The Hall–Kier alpha value is -0.870. The molecule has 2 atom stereocenters. The van der Waals surface area contributed by atoms with Gasteiger partial charge >= 0.3 is 0 Å². The normalized spacial score (nSPS) is 28.2. The molecule has 1 saturated carbocycles. The monoisotopic (exact) mass is 251 g/mol. The fraction of sp³-hybridized carbons (Fsp3) is 0.786. The first-order valence-electron chi connectivity index (χ1n) is 7.00. The summed E-state index contributed by atoms with van der Waals surface area (Å²) in [7, 11) is 0. The number of aliphatic hydroxyl groups excluding tert-OH is 1. The van der Waals surface area contributed by atoms with Crippen LogP contribution in [-0.2, 0) is 0 Å². The van der Waals surface area contributed by atoms with Crippen molar-refractivity contribution in [2.75, 3.05) is 13.2 Å². The van der Waals surface area contributed by atoms with Crippen LogP contribution >= 0.6 is 0 Å². The van der Waals surface area contributed by atoms with E-state index in [2.05, 4.69) is 41.8 Å². The van der Waals surface area contributed by atoms with E-state index in [1.807, 2.05) is 6.20 Å². The predicted molar refractivity (Wildman–Crippen MR) is 72.7 cm³/mol. The molecule has 0 radical (unpaired) electrons. The molecule has 1 heterocycles. The summed E-state index contributed by atoms with van der Waals surface area (Å²) in [6, 6.07) is 0.469. The zero-order valence-electron chi connectivity index (χ0n) is 11.7. The van der Waals surface area contributed by atoms with E-state index in [9.17, 15) is 5.11 Å². The van der Waals surface area contributed by atoms with Crippen molar-refractivity contribution in [2.24, 2.45) is 0 Å². The Bertz CT molecular complexity index is 388. The van der Waals surface area contributed by atoms with E-state index in [-0.39, 0.29) is 12.1 Å². The second kappa shape index (κ2) is 5.41. The number of rotatable bonds is 5. The van der Waals surface area contributed by atoms with E-state index in [0.717, 1.165) is 31.6 Å². The van der Waals surface area contributed by atoms with Crippen LogP contribution in [0.5, 0.6) is 0 Å². The topological polar surface area (TPSA) is 50.1 Å². The Kier molecular flexibility index (Phi) is 4.07. The summed E-state index contributed by atoms with van der Waals surface area (Å²) < 4.78 is 2.30. The Morgan fingerprint density at radius 3 is 3.00 bits per heavy atom. The average Bonchev–Trinajstić information content (AvgIpc) is 2.95. The minimum absolute atomic E-state index is 0.0854. The van der Waals surface area contributed by atoms with Gasteiger partial charge in [-0.05, 0) is 25.8 Å². The largest absolute Gasteiger partial charge is 0.394 e. The van der Waals surface area contributed by atoms with E-state index >= 15 is 0 Å². The molecule has 18 heavy (non-hydrogen) atoms. The van der Waals surface area contributed by atoms with Crippen LogP contribution in [0.15, 0.2) is 12.4 Å². The number of hydrogen-bond donors (Lipinski definition) is 2. The van der Waals surface area contributed by atoms with Crippen molar-refractivity contribution >= 4 is 0 Å². The van der Waals surface area contributed by atoms with Gasteiger partial charge < -0.3 is 15.0 Å².